The molecule has 2 N–H and O–H groups in total. The van der Waals surface area contributed by atoms with Crippen LogP contribution < -0.4 is 10.5 Å². The summed E-state index contributed by atoms with van der Waals surface area (Å²) in [6, 6.07) is 12.4. The Kier molecular flexibility index (Phi) is 6.85. The van der Waals surface area contributed by atoms with E-state index >= 15 is 0 Å². The number of hydrogen-bond donors (Lipinski definition) is 1. The van der Waals surface area contributed by atoms with Gasteiger partial charge in [0.25, 0.3) is 0 Å². The summed E-state index contributed by atoms with van der Waals surface area (Å²) in [6.07, 6.45) is 0. The van der Waals surface area contributed by atoms with Crippen molar-refractivity contribution in [2.45, 2.75) is 52.3 Å². The van der Waals surface area contributed by atoms with Crippen molar-refractivity contribution in [2.24, 2.45) is 5.73 Å². The predicted octanol–water partition coefficient (Wildman–Crippen LogP) is 4.89. The fraction of sp³-hybridized carbons (Fsp3) is 0.417. The zero-order chi connectivity index (χ0) is 22.8. The van der Waals surface area contributed by atoms with E-state index in [2.05, 4.69) is 31.8 Å². The van der Waals surface area contributed by atoms with Gasteiger partial charge >= 0.3 is 0 Å². The molecule has 1 unspecified atom stereocenters. The van der Waals surface area contributed by atoms with Gasteiger partial charge in [0.2, 0.25) is 0 Å². The number of nitrogens with zero attached hydrogens (tertiary/aromatic N) is 3. The van der Waals surface area contributed by atoms with Gasteiger partial charge in [0, 0.05) is 20.2 Å². The molecule has 2 aromatic carbocycles. The van der Waals surface area contributed by atoms with Crippen molar-refractivity contribution in [3.05, 3.63) is 58.4 Å². The maximum Gasteiger partial charge on any atom is 0.133 e. The molecule has 0 radical (unpaired) electrons. The smallest absolute Gasteiger partial charge is 0.133 e. The van der Waals surface area contributed by atoms with Crippen molar-refractivity contribution in [2.75, 3.05) is 13.7 Å². The quantitative estimate of drug-likeness (QED) is 0.401. The van der Waals surface area contributed by atoms with Crippen LogP contribution >= 0.6 is 0 Å². The van der Waals surface area contributed by atoms with Crippen LogP contribution in [0.2, 0.25) is 25.7 Å². The molecular formula is C24H32N4O2Si. The maximum absolute atomic E-state index is 9.29. The van der Waals surface area contributed by atoms with Gasteiger partial charge in [-0.3, -0.25) is 0 Å². The standard InChI is InChI=1S/C24H32N4O2Si/c1-16-11-17(2)22(21(12-16)29-3)23(26)24-27-19-13-18(14-25)7-8-20(19)28(24)15-30-9-10-31(4,5)6/h7-8,11-13,23H,9-10,15,26H2,1-6H3. The lowest BCUT2D eigenvalue weighted by atomic mass is 9.97. The van der Waals surface area contributed by atoms with Crippen LogP contribution in [0.15, 0.2) is 30.3 Å². The second-order valence-corrected chi connectivity index (χ2v) is 14.9. The number of ether oxygens (including phenoxy) is 2. The van der Waals surface area contributed by atoms with E-state index in [1.54, 1.807) is 19.2 Å². The van der Waals surface area contributed by atoms with Crippen molar-refractivity contribution in [1.29, 1.82) is 5.26 Å². The number of aromatic nitrogens is 2. The van der Waals surface area contributed by atoms with Crippen LogP contribution in [-0.2, 0) is 11.5 Å². The number of hydrogen-bond acceptors (Lipinski definition) is 5. The van der Waals surface area contributed by atoms with Crippen LogP contribution in [0.4, 0.5) is 0 Å². The Hall–Kier alpha value is -2.66. The average Bonchev–Trinajstić information content (AvgIpc) is 3.07. The van der Waals surface area contributed by atoms with E-state index in [4.69, 9.17) is 20.2 Å². The summed E-state index contributed by atoms with van der Waals surface area (Å²) in [6.45, 7) is 12.1. The third-order valence-electron chi connectivity index (χ3n) is 5.43. The summed E-state index contributed by atoms with van der Waals surface area (Å²) in [7, 11) is 0.473. The van der Waals surface area contributed by atoms with E-state index in [1.165, 1.54) is 0 Å². The van der Waals surface area contributed by atoms with Crippen molar-refractivity contribution >= 4 is 19.1 Å². The molecule has 1 aromatic heterocycles. The molecule has 0 fully saturated rings. The van der Waals surface area contributed by atoms with Gasteiger partial charge in [-0.1, -0.05) is 25.7 Å². The molecule has 164 valence electrons. The number of nitriles is 1. The van der Waals surface area contributed by atoms with Crippen LogP contribution in [0.1, 0.15) is 34.1 Å². The van der Waals surface area contributed by atoms with Crippen molar-refractivity contribution in [3.8, 4) is 11.8 Å². The monoisotopic (exact) mass is 436 g/mol. The van der Waals surface area contributed by atoms with Gasteiger partial charge in [-0.25, -0.2) is 4.98 Å². The SMILES string of the molecule is COc1cc(C)cc(C)c1C(N)c1nc2cc(C#N)ccc2n1COCC[Si](C)(C)C. The molecule has 0 bridgehead atoms. The molecule has 0 amide bonds. The molecule has 3 rings (SSSR count). The normalized spacial score (nSPS) is 12.7. The number of aryl methyl sites for hydroxylation is 2. The summed E-state index contributed by atoms with van der Waals surface area (Å²) < 4.78 is 13.7. The Bertz CT molecular complexity index is 1130. The van der Waals surface area contributed by atoms with E-state index < -0.39 is 14.1 Å². The minimum Gasteiger partial charge on any atom is -0.496 e. The summed E-state index contributed by atoms with van der Waals surface area (Å²) in [4.78, 5) is 4.82. The average molecular weight is 437 g/mol. The summed E-state index contributed by atoms with van der Waals surface area (Å²) >= 11 is 0. The minimum atomic E-state index is -1.19. The van der Waals surface area contributed by atoms with E-state index in [-0.39, 0.29) is 0 Å². The fourth-order valence-electron chi connectivity index (χ4n) is 3.76. The van der Waals surface area contributed by atoms with Crippen LogP contribution in [-0.4, -0.2) is 31.3 Å². The first-order chi connectivity index (χ1) is 14.6. The lowest BCUT2D eigenvalue weighted by Gasteiger charge is -2.21. The second kappa shape index (κ2) is 9.23. The third kappa shape index (κ3) is 5.16. The van der Waals surface area contributed by atoms with Gasteiger partial charge in [-0.2, -0.15) is 5.26 Å². The lowest BCUT2D eigenvalue weighted by Crippen LogP contribution is -2.23. The molecule has 31 heavy (non-hydrogen) atoms. The molecule has 0 saturated carbocycles. The lowest BCUT2D eigenvalue weighted by molar-refractivity contribution is 0.0874. The minimum absolute atomic E-state index is 0.364. The van der Waals surface area contributed by atoms with Crippen molar-refractivity contribution < 1.29 is 9.47 Å². The molecule has 0 aliphatic carbocycles. The van der Waals surface area contributed by atoms with E-state index in [0.29, 0.717) is 24.7 Å². The first-order valence-electron chi connectivity index (χ1n) is 10.5. The zero-order valence-corrected chi connectivity index (χ0v) is 20.3. The van der Waals surface area contributed by atoms with Crippen LogP contribution in [0.5, 0.6) is 5.75 Å². The maximum atomic E-state index is 9.29. The molecule has 3 aromatic rings. The number of imidazole rings is 1. The summed E-state index contributed by atoms with van der Waals surface area (Å²) in [5, 5.41) is 9.29. The molecule has 6 nitrogen and oxygen atoms in total. The molecule has 7 heteroatoms. The van der Waals surface area contributed by atoms with Crippen molar-refractivity contribution in [1.82, 2.24) is 9.55 Å². The first-order valence-corrected chi connectivity index (χ1v) is 14.2. The molecule has 0 saturated heterocycles. The Morgan fingerprint density at radius 2 is 1.94 bits per heavy atom. The van der Waals surface area contributed by atoms with Gasteiger partial charge in [-0.15, -0.1) is 0 Å². The Balaban J connectivity index is 2.05. The molecule has 0 aliphatic heterocycles. The highest BCUT2D eigenvalue weighted by Crippen LogP contribution is 2.33. The Morgan fingerprint density at radius 3 is 2.58 bits per heavy atom. The fourth-order valence-corrected chi connectivity index (χ4v) is 4.52. The highest BCUT2D eigenvalue weighted by Gasteiger charge is 2.24. The first kappa shape index (κ1) is 23.0. The number of nitrogens with two attached hydrogens (primary N) is 1. The van der Waals surface area contributed by atoms with Crippen LogP contribution in [0, 0.1) is 25.2 Å². The largest absolute Gasteiger partial charge is 0.496 e. The van der Waals surface area contributed by atoms with E-state index in [9.17, 15) is 5.26 Å². The summed E-state index contributed by atoms with van der Waals surface area (Å²) in [5.41, 5.74) is 12.1. The van der Waals surface area contributed by atoms with Gasteiger partial charge < -0.3 is 19.8 Å². The number of benzene rings is 2. The molecule has 0 aliphatic rings. The highest BCUT2D eigenvalue weighted by atomic mass is 28.3. The molecule has 0 spiro atoms. The second-order valence-electron chi connectivity index (χ2n) is 9.24. The van der Waals surface area contributed by atoms with E-state index in [1.807, 2.05) is 30.5 Å². The van der Waals surface area contributed by atoms with Crippen molar-refractivity contribution in [3.63, 3.8) is 0 Å². The third-order valence-corrected chi connectivity index (χ3v) is 7.13. The van der Waals surface area contributed by atoms with Gasteiger partial charge in [-0.05, 0) is 55.3 Å². The number of methoxy groups -OCH3 is 1. The predicted molar refractivity (Wildman–Crippen MR) is 127 cm³/mol. The van der Waals surface area contributed by atoms with E-state index in [0.717, 1.165) is 39.5 Å². The summed E-state index contributed by atoms with van der Waals surface area (Å²) in [5.74, 6) is 1.45. The van der Waals surface area contributed by atoms with Gasteiger partial charge in [0.05, 0.1) is 35.8 Å². The zero-order valence-electron chi connectivity index (χ0n) is 19.3. The van der Waals surface area contributed by atoms with Crippen LogP contribution in [0.25, 0.3) is 11.0 Å². The Morgan fingerprint density at radius 1 is 1.19 bits per heavy atom. The molecule has 1 atom stereocenters. The number of rotatable bonds is 8. The topological polar surface area (TPSA) is 86.1 Å². The van der Waals surface area contributed by atoms with Gasteiger partial charge in [0.15, 0.2) is 0 Å². The Labute approximate surface area is 185 Å². The molecular weight excluding hydrogens is 404 g/mol. The number of fused-ring (bicyclic) bond motifs is 1. The highest BCUT2D eigenvalue weighted by molar-refractivity contribution is 6.76. The van der Waals surface area contributed by atoms with Gasteiger partial charge in [0.1, 0.15) is 18.3 Å². The van der Waals surface area contributed by atoms with Crippen LogP contribution in [0.3, 0.4) is 0 Å². The molecule has 1 heterocycles.